The van der Waals surface area contributed by atoms with Gasteiger partial charge in [0.15, 0.2) is 0 Å². The first-order valence-corrected chi connectivity index (χ1v) is 8.71. The van der Waals surface area contributed by atoms with Gasteiger partial charge in [0, 0.05) is 30.4 Å². The zero-order chi connectivity index (χ0) is 15.8. The van der Waals surface area contributed by atoms with E-state index in [9.17, 15) is 9.59 Å². The van der Waals surface area contributed by atoms with Crippen molar-refractivity contribution < 1.29 is 9.59 Å². The van der Waals surface area contributed by atoms with Crippen LogP contribution in [0.4, 0.5) is 16.2 Å². The van der Waals surface area contributed by atoms with Crippen LogP contribution in [0.5, 0.6) is 0 Å². The highest BCUT2D eigenvalue weighted by Crippen LogP contribution is 2.37. The highest BCUT2D eigenvalue weighted by molar-refractivity contribution is 5.96. The number of rotatable bonds is 1. The number of nitrogens with zero attached hydrogens (tertiary/aromatic N) is 1. The average molecular weight is 313 g/mol. The van der Waals surface area contributed by atoms with E-state index < -0.39 is 0 Å². The molecule has 2 N–H and O–H groups in total. The third-order valence-electron chi connectivity index (χ3n) is 5.51. The maximum atomic E-state index is 12.7. The Labute approximate surface area is 136 Å². The lowest BCUT2D eigenvalue weighted by Gasteiger charge is -2.37. The predicted octanol–water partition coefficient (Wildman–Crippen LogP) is 3.37. The molecule has 3 amide bonds. The van der Waals surface area contributed by atoms with Gasteiger partial charge in [-0.3, -0.25) is 4.79 Å². The number of hydrogen-bond donors (Lipinski definition) is 2. The molecule has 5 nitrogen and oxygen atoms in total. The van der Waals surface area contributed by atoms with Gasteiger partial charge in [0.05, 0.1) is 0 Å². The number of likely N-dealkylation sites (tertiary alicyclic amines) is 1. The predicted molar refractivity (Wildman–Crippen MR) is 89.5 cm³/mol. The molecule has 4 rings (SSSR count). The Morgan fingerprint density at radius 2 is 2.04 bits per heavy atom. The van der Waals surface area contributed by atoms with Gasteiger partial charge < -0.3 is 15.5 Å². The molecule has 122 valence electrons. The van der Waals surface area contributed by atoms with Gasteiger partial charge in [-0.05, 0) is 55.7 Å². The van der Waals surface area contributed by atoms with Crippen LogP contribution >= 0.6 is 0 Å². The van der Waals surface area contributed by atoms with Crippen LogP contribution in [-0.2, 0) is 11.2 Å². The second-order valence-corrected chi connectivity index (χ2v) is 6.94. The molecule has 1 aromatic carbocycles. The number of piperidine rings is 1. The van der Waals surface area contributed by atoms with Gasteiger partial charge in [-0.15, -0.1) is 0 Å². The summed E-state index contributed by atoms with van der Waals surface area (Å²) in [6.45, 7) is 0.856. The Morgan fingerprint density at radius 3 is 2.96 bits per heavy atom. The first-order chi connectivity index (χ1) is 11.2. The topological polar surface area (TPSA) is 61.4 Å². The Morgan fingerprint density at radius 1 is 1.17 bits per heavy atom. The van der Waals surface area contributed by atoms with Gasteiger partial charge in [-0.1, -0.05) is 12.5 Å². The molecule has 1 aliphatic carbocycles. The number of anilines is 2. The molecule has 0 spiro atoms. The minimum Gasteiger partial charge on any atom is -0.326 e. The Kier molecular flexibility index (Phi) is 3.71. The molecule has 3 aliphatic rings. The minimum absolute atomic E-state index is 0.00341. The van der Waals surface area contributed by atoms with E-state index >= 15 is 0 Å². The van der Waals surface area contributed by atoms with E-state index in [0.717, 1.165) is 42.7 Å². The number of carbonyl (C=O) groups excluding carboxylic acids is 2. The number of fused-ring (bicyclic) bond motifs is 2. The molecule has 2 aliphatic heterocycles. The lowest BCUT2D eigenvalue weighted by molar-refractivity contribution is -0.116. The van der Waals surface area contributed by atoms with Crippen LogP contribution < -0.4 is 10.6 Å². The van der Waals surface area contributed by atoms with Crippen LogP contribution in [0.3, 0.4) is 0 Å². The van der Waals surface area contributed by atoms with Gasteiger partial charge in [-0.2, -0.15) is 0 Å². The van der Waals surface area contributed by atoms with Crippen LogP contribution in [0.15, 0.2) is 18.2 Å². The van der Waals surface area contributed by atoms with Gasteiger partial charge in [0.25, 0.3) is 0 Å². The van der Waals surface area contributed by atoms with Crippen molar-refractivity contribution >= 4 is 23.3 Å². The van der Waals surface area contributed by atoms with E-state index in [-0.39, 0.29) is 11.9 Å². The second kappa shape index (κ2) is 5.87. The fraction of sp³-hybridized carbons (Fsp3) is 0.556. The normalized spacial score (nSPS) is 26.3. The summed E-state index contributed by atoms with van der Waals surface area (Å²) in [5, 5.41) is 5.91. The van der Waals surface area contributed by atoms with Crippen LogP contribution in [0, 0.1) is 5.92 Å². The summed E-state index contributed by atoms with van der Waals surface area (Å²) in [7, 11) is 0. The lowest BCUT2D eigenvalue weighted by atomic mass is 9.92. The third kappa shape index (κ3) is 2.80. The summed E-state index contributed by atoms with van der Waals surface area (Å²) in [5.74, 6) is 0.739. The minimum atomic E-state index is 0.00341. The molecule has 0 aromatic heterocycles. The number of nitrogens with one attached hydrogen (secondary N) is 2. The maximum Gasteiger partial charge on any atom is 0.322 e. The van der Waals surface area contributed by atoms with Crippen LogP contribution in [0.2, 0.25) is 0 Å². The number of urea groups is 1. The molecular formula is C18H23N3O2. The van der Waals surface area contributed by atoms with Gasteiger partial charge in [0.1, 0.15) is 0 Å². The van der Waals surface area contributed by atoms with Crippen LogP contribution in [0.1, 0.15) is 44.1 Å². The number of benzene rings is 1. The zero-order valence-electron chi connectivity index (χ0n) is 13.3. The van der Waals surface area contributed by atoms with Crippen molar-refractivity contribution in [1.82, 2.24) is 4.90 Å². The molecule has 1 saturated heterocycles. The molecular weight excluding hydrogens is 290 g/mol. The van der Waals surface area contributed by atoms with Gasteiger partial charge in [0.2, 0.25) is 5.91 Å². The highest BCUT2D eigenvalue weighted by atomic mass is 16.2. The van der Waals surface area contributed by atoms with Crippen molar-refractivity contribution in [1.29, 1.82) is 0 Å². The van der Waals surface area contributed by atoms with Crippen molar-refractivity contribution in [2.45, 2.75) is 51.0 Å². The van der Waals surface area contributed by atoms with Crippen molar-refractivity contribution in [3.05, 3.63) is 23.8 Å². The smallest absolute Gasteiger partial charge is 0.322 e. The number of aryl methyl sites for hydroxylation is 1. The van der Waals surface area contributed by atoms with E-state index in [1.165, 1.54) is 19.3 Å². The number of hydrogen-bond acceptors (Lipinski definition) is 2. The molecule has 0 unspecified atom stereocenters. The summed E-state index contributed by atoms with van der Waals surface area (Å²) in [4.78, 5) is 26.2. The average Bonchev–Trinajstić information content (AvgIpc) is 3.02. The van der Waals surface area contributed by atoms with Gasteiger partial charge >= 0.3 is 6.03 Å². The second-order valence-electron chi connectivity index (χ2n) is 6.94. The quantitative estimate of drug-likeness (QED) is 0.835. The molecule has 2 atom stereocenters. The monoisotopic (exact) mass is 313 g/mol. The van der Waals surface area contributed by atoms with E-state index in [1.54, 1.807) is 0 Å². The first-order valence-electron chi connectivity index (χ1n) is 8.71. The van der Waals surface area contributed by atoms with Crippen LogP contribution in [0.25, 0.3) is 0 Å². The zero-order valence-corrected chi connectivity index (χ0v) is 13.3. The maximum absolute atomic E-state index is 12.7. The summed E-state index contributed by atoms with van der Waals surface area (Å²) < 4.78 is 0. The summed E-state index contributed by atoms with van der Waals surface area (Å²) in [5.41, 5.74) is 2.73. The Balaban J connectivity index is 1.48. The highest BCUT2D eigenvalue weighted by Gasteiger charge is 2.37. The molecule has 0 radical (unpaired) electrons. The molecule has 1 aromatic rings. The SMILES string of the molecule is O=C1CCc2ccc(NC(=O)N3CCC[C@H]4CCC[C@@H]43)cc2N1. The Bertz CT molecular complexity index is 643. The summed E-state index contributed by atoms with van der Waals surface area (Å²) >= 11 is 0. The fourth-order valence-electron chi connectivity index (χ4n) is 4.35. The number of carbonyl (C=O) groups is 2. The molecule has 2 fully saturated rings. The van der Waals surface area contributed by atoms with Crippen molar-refractivity contribution in [3.63, 3.8) is 0 Å². The van der Waals surface area contributed by atoms with Crippen molar-refractivity contribution in [2.75, 3.05) is 17.2 Å². The fourth-order valence-corrected chi connectivity index (χ4v) is 4.35. The largest absolute Gasteiger partial charge is 0.326 e. The molecule has 2 heterocycles. The first kappa shape index (κ1) is 14.5. The molecule has 0 bridgehead atoms. The van der Waals surface area contributed by atoms with E-state index in [4.69, 9.17) is 0 Å². The number of amides is 3. The third-order valence-corrected chi connectivity index (χ3v) is 5.51. The van der Waals surface area contributed by atoms with E-state index in [2.05, 4.69) is 10.6 Å². The van der Waals surface area contributed by atoms with Gasteiger partial charge in [-0.25, -0.2) is 4.79 Å². The molecule has 5 heteroatoms. The standard InChI is InChI=1S/C18H23N3O2/c22-17-9-7-12-6-8-14(11-15(12)20-17)19-18(23)21-10-2-4-13-3-1-5-16(13)21/h6,8,11,13,16H,1-5,7,9-10H2,(H,19,23)(H,20,22)/t13-,16+/m1/s1. The van der Waals surface area contributed by atoms with Crippen molar-refractivity contribution in [3.8, 4) is 0 Å². The molecule has 1 saturated carbocycles. The summed E-state index contributed by atoms with van der Waals surface area (Å²) in [6, 6.07) is 6.23. The van der Waals surface area contributed by atoms with E-state index in [1.807, 2.05) is 23.1 Å². The van der Waals surface area contributed by atoms with Crippen LogP contribution in [-0.4, -0.2) is 29.4 Å². The lowest BCUT2D eigenvalue weighted by Crippen LogP contribution is -2.48. The Hall–Kier alpha value is -2.04. The van der Waals surface area contributed by atoms with E-state index in [0.29, 0.717) is 18.4 Å². The molecule has 23 heavy (non-hydrogen) atoms. The van der Waals surface area contributed by atoms with Crippen molar-refractivity contribution in [2.24, 2.45) is 5.92 Å². The summed E-state index contributed by atoms with van der Waals surface area (Å²) in [6.07, 6.45) is 7.32.